The molecule has 0 aromatic heterocycles. The van der Waals surface area contributed by atoms with Crippen LogP contribution in [0, 0.1) is 11.8 Å². The predicted molar refractivity (Wildman–Crippen MR) is 55.2 cm³/mol. The molecule has 0 amide bonds. The summed E-state index contributed by atoms with van der Waals surface area (Å²) in [4.78, 5) is 0. The monoisotopic (exact) mass is 166 g/mol. The predicted octanol–water partition coefficient (Wildman–Crippen LogP) is 4.17. The average Bonchev–Trinajstić information content (AvgIpc) is 2.15. The van der Waals surface area contributed by atoms with Gasteiger partial charge in [-0.1, -0.05) is 45.3 Å². The minimum atomic E-state index is 1.000. The maximum Gasteiger partial charge on any atom is -0.0319 e. The molecule has 0 bridgehead atoms. The zero-order valence-electron chi connectivity index (χ0n) is 8.55. The van der Waals surface area contributed by atoms with Crippen LogP contribution in [0.5, 0.6) is 0 Å². The molecule has 0 nitrogen and oxygen atoms in total. The molecule has 1 aliphatic carbocycles. The fraction of sp³-hybridized carbons (Fsp3) is 0.833. The number of hydrogen-bond acceptors (Lipinski definition) is 0. The van der Waals surface area contributed by atoms with Crippen molar-refractivity contribution in [3.05, 3.63) is 12.2 Å². The highest BCUT2D eigenvalue weighted by Gasteiger charge is 2.18. The second-order valence-electron chi connectivity index (χ2n) is 4.00. The quantitative estimate of drug-likeness (QED) is 0.550. The summed E-state index contributed by atoms with van der Waals surface area (Å²) in [5, 5.41) is 0. The van der Waals surface area contributed by atoms with Gasteiger partial charge >= 0.3 is 0 Å². The van der Waals surface area contributed by atoms with Crippen molar-refractivity contribution in [2.75, 3.05) is 0 Å². The molecule has 0 aliphatic heterocycles. The van der Waals surface area contributed by atoms with Crippen LogP contribution < -0.4 is 0 Å². The van der Waals surface area contributed by atoms with E-state index in [1.165, 1.54) is 38.5 Å². The van der Waals surface area contributed by atoms with Gasteiger partial charge in [0.2, 0.25) is 0 Å². The molecule has 0 saturated heterocycles. The van der Waals surface area contributed by atoms with Crippen LogP contribution in [0.15, 0.2) is 12.2 Å². The van der Waals surface area contributed by atoms with Crippen LogP contribution in [0.4, 0.5) is 0 Å². The Bertz CT molecular complexity index is 135. The molecular weight excluding hydrogens is 144 g/mol. The van der Waals surface area contributed by atoms with E-state index >= 15 is 0 Å². The molecule has 2 atom stereocenters. The minimum absolute atomic E-state index is 1.000. The van der Waals surface area contributed by atoms with E-state index in [-0.39, 0.29) is 0 Å². The summed E-state index contributed by atoms with van der Waals surface area (Å²) in [7, 11) is 0. The average molecular weight is 166 g/mol. The zero-order valence-corrected chi connectivity index (χ0v) is 8.55. The Hall–Kier alpha value is -0.260. The second kappa shape index (κ2) is 5.40. The molecule has 0 N–H and O–H groups in total. The number of rotatable bonds is 4. The van der Waals surface area contributed by atoms with E-state index in [1.807, 2.05) is 0 Å². The highest BCUT2D eigenvalue weighted by Crippen LogP contribution is 2.31. The molecule has 0 saturated carbocycles. The fourth-order valence-electron chi connectivity index (χ4n) is 2.39. The van der Waals surface area contributed by atoms with Gasteiger partial charge in [0.1, 0.15) is 0 Å². The van der Waals surface area contributed by atoms with E-state index in [4.69, 9.17) is 0 Å². The van der Waals surface area contributed by atoms with Gasteiger partial charge in [0, 0.05) is 0 Å². The van der Waals surface area contributed by atoms with Gasteiger partial charge in [-0.3, -0.25) is 0 Å². The largest absolute Gasteiger partial charge is 0.0885 e. The Morgan fingerprint density at radius 2 is 2.17 bits per heavy atom. The van der Waals surface area contributed by atoms with Crippen LogP contribution >= 0.6 is 0 Å². The molecule has 0 heteroatoms. The second-order valence-corrected chi connectivity index (χ2v) is 4.00. The van der Waals surface area contributed by atoms with Crippen molar-refractivity contribution < 1.29 is 0 Å². The molecule has 0 heterocycles. The lowest BCUT2D eigenvalue weighted by molar-refractivity contribution is 0.281. The summed E-state index contributed by atoms with van der Waals surface area (Å²) >= 11 is 0. The van der Waals surface area contributed by atoms with Crippen LogP contribution in [0.3, 0.4) is 0 Å². The van der Waals surface area contributed by atoms with E-state index in [0.29, 0.717) is 0 Å². The highest BCUT2D eigenvalue weighted by atomic mass is 14.2. The van der Waals surface area contributed by atoms with E-state index < -0.39 is 0 Å². The summed E-state index contributed by atoms with van der Waals surface area (Å²) in [6.07, 6.45) is 13.0. The lowest BCUT2D eigenvalue weighted by Crippen LogP contribution is -2.15. The van der Waals surface area contributed by atoms with Crippen LogP contribution in [-0.2, 0) is 0 Å². The maximum absolute atomic E-state index is 2.38. The van der Waals surface area contributed by atoms with Gasteiger partial charge in [0.15, 0.2) is 0 Å². The summed E-state index contributed by atoms with van der Waals surface area (Å²) in [6, 6.07) is 0. The van der Waals surface area contributed by atoms with Crippen LogP contribution in [0.2, 0.25) is 0 Å². The van der Waals surface area contributed by atoms with Crippen molar-refractivity contribution in [2.24, 2.45) is 11.8 Å². The standard InChI is InChI=1S/C12H22/c1-3-8-11(4-2)12-9-6-5-7-10-12/h5-6,11-12H,3-4,7-10H2,1-2H3. The van der Waals surface area contributed by atoms with Gasteiger partial charge in [0.05, 0.1) is 0 Å². The Morgan fingerprint density at radius 1 is 1.33 bits per heavy atom. The lowest BCUT2D eigenvalue weighted by Gasteiger charge is -2.26. The summed E-state index contributed by atoms with van der Waals surface area (Å²) < 4.78 is 0. The van der Waals surface area contributed by atoms with Crippen molar-refractivity contribution in [1.82, 2.24) is 0 Å². The van der Waals surface area contributed by atoms with Crippen LogP contribution in [0.25, 0.3) is 0 Å². The molecule has 0 radical (unpaired) electrons. The first-order valence-electron chi connectivity index (χ1n) is 5.53. The van der Waals surface area contributed by atoms with Gasteiger partial charge < -0.3 is 0 Å². The van der Waals surface area contributed by atoms with E-state index in [1.54, 1.807) is 0 Å². The highest BCUT2D eigenvalue weighted by molar-refractivity contribution is 4.91. The summed E-state index contributed by atoms with van der Waals surface area (Å²) in [5.41, 5.74) is 0. The molecule has 0 spiro atoms. The first-order chi connectivity index (χ1) is 5.88. The first kappa shape index (κ1) is 9.83. The van der Waals surface area contributed by atoms with Gasteiger partial charge in [-0.05, 0) is 31.1 Å². The minimum Gasteiger partial charge on any atom is -0.0885 e. The van der Waals surface area contributed by atoms with Crippen LogP contribution in [0.1, 0.15) is 52.4 Å². The lowest BCUT2D eigenvalue weighted by atomic mass is 9.79. The molecule has 1 rings (SSSR count). The molecule has 1 aliphatic rings. The molecule has 0 aromatic rings. The van der Waals surface area contributed by atoms with E-state index in [0.717, 1.165) is 11.8 Å². The third kappa shape index (κ3) is 2.66. The molecule has 0 fully saturated rings. The normalized spacial score (nSPS) is 25.7. The molecule has 0 aromatic carbocycles. The summed E-state index contributed by atoms with van der Waals surface area (Å²) in [5.74, 6) is 2.00. The molecular formula is C12H22. The van der Waals surface area contributed by atoms with Crippen molar-refractivity contribution >= 4 is 0 Å². The first-order valence-corrected chi connectivity index (χ1v) is 5.53. The van der Waals surface area contributed by atoms with Gasteiger partial charge in [-0.25, -0.2) is 0 Å². The third-order valence-corrected chi connectivity index (χ3v) is 3.16. The Balaban J connectivity index is 2.36. The van der Waals surface area contributed by atoms with Gasteiger partial charge in [-0.2, -0.15) is 0 Å². The van der Waals surface area contributed by atoms with E-state index in [9.17, 15) is 0 Å². The molecule has 12 heavy (non-hydrogen) atoms. The van der Waals surface area contributed by atoms with E-state index in [2.05, 4.69) is 26.0 Å². The fourth-order valence-corrected chi connectivity index (χ4v) is 2.39. The third-order valence-electron chi connectivity index (χ3n) is 3.16. The Labute approximate surface area is 77.1 Å². The zero-order chi connectivity index (χ0) is 8.81. The molecule has 2 unspecified atom stereocenters. The van der Waals surface area contributed by atoms with Crippen LogP contribution in [-0.4, -0.2) is 0 Å². The van der Waals surface area contributed by atoms with Crippen molar-refractivity contribution in [2.45, 2.75) is 52.4 Å². The van der Waals surface area contributed by atoms with Gasteiger partial charge in [-0.15, -0.1) is 0 Å². The Kier molecular flexibility index (Phi) is 4.42. The smallest absolute Gasteiger partial charge is 0.0319 e. The maximum atomic E-state index is 2.38. The Morgan fingerprint density at radius 3 is 2.67 bits per heavy atom. The van der Waals surface area contributed by atoms with Crippen molar-refractivity contribution in [3.8, 4) is 0 Å². The molecule has 70 valence electrons. The topological polar surface area (TPSA) is 0 Å². The SMILES string of the molecule is CCCC(CC)C1CC=CCC1. The number of allylic oxidation sites excluding steroid dienone is 2. The van der Waals surface area contributed by atoms with Crippen molar-refractivity contribution in [1.29, 1.82) is 0 Å². The van der Waals surface area contributed by atoms with Gasteiger partial charge in [0.25, 0.3) is 0 Å². The summed E-state index contributed by atoms with van der Waals surface area (Å²) in [6.45, 7) is 4.65. The number of hydrogen-bond donors (Lipinski definition) is 0. The van der Waals surface area contributed by atoms with Crippen molar-refractivity contribution in [3.63, 3.8) is 0 Å².